The molecule has 1 aromatic carbocycles. The van der Waals surface area contributed by atoms with Crippen LogP contribution in [0.1, 0.15) is 47.1 Å². The first-order valence-electron chi connectivity index (χ1n) is 6.44. The first kappa shape index (κ1) is 16.8. The maximum atomic E-state index is 12.1. The van der Waals surface area contributed by atoms with Crippen molar-refractivity contribution in [2.75, 3.05) is 0 Å². The largest absolute Gasteiger partial charge is 0.480 e. The molecule has 6 nitrogen and oxygen atoms in total. The van der Waals surface area contributed by atoms with Gasteiger partial charge in [-0.15, -0.1) is 0 Å². The van der Waals surface area contributed by atoms with E-state index < -0.39 is 23.6 Å². The molecule has 0 fully saturated rings. The Bertz CT molecular complexity index is 560. The van der Waals surface area contributed by atoms with Gasteiger partial charge in [-0.05, 0) is 38.8 Å². The van der Waals surface area contributed by atoms with Crippen LogP contribution in [0.3, 0.4) is 0 Å². The lowest BCUT2D eigenvalue weighted by molar-refractivity contribution is -0.138. The van der Waals surface area contributed by atoms with Gasteiger partial charge in [0.15, 0.2) is 6.29 Å². The quantitative estimate of drug-likeness (QED) is 0.628. The lowest BCUT2D eigenvalue weighted by Crippen LogP contribution is -2.33. The third-order valence-electron chi connectivity index (χ3n) is 2.69. The number of hydrogen-bond acceptors (Lipinski definition) is 5. The Kier molecular flexibility index (Phi) is 5.21. The van der Waals surface area contributed by atoms with Gasteiger partial charge in [0, 0.05) is 5.56 Å². The minimum atomic E-state index is -1.17. The second-order valence-electron chi connectivity index (χ2n) is 5.65. The van der Waals surface area contributed by atoms with Gasteiger partial charge in [-0.1, -0.05) is 12.1 Å². The molecule has 0 spiro atoms. The normalized spacial score (nSPS) is 12.6. The van der Waals surface area contributed by atoms with Gasteiger partial charge < -0.3 is 15.6 Å². The van der Waals surface area contributed by atoms with E-state index in [-0.39, 0.29) is 17.5 Å². The Morgan fingerprint density at radius 2 is 2.00 bits per heavy atom. The highest BCUT2D eigenvalue weighted by Crippen LogP contribution is 2.18. The molecule has 21 heavy (non-hydrogen) atoms. The maximum Gasteiger partial charge on any atom is 0.339 e. The van der Waals surface area contributed by atoms with E-state index in [0.29, 0.717) is 11.8 Å². The third-order valence-corrected chi connectivity index (χ3v) is 2.69. The number of nitrogens with two attached hydrogens (primary N) is 1. The van der Waals surface area contributed by atoms with Gasteiger partial charge >= 0.3 is 11.9 Å². The number of hydrogen-bond donors (Lipinski definition) is 2. The summed E-state index contributed by atoms with van der Waals surface area (Å²) in [5.41, 5.74) is 5.41. The molecule has 1 unspecified atom stereocenters. The lowest BCUT2D eigenvalue weighted by atomic mass is 9.96. The number of aldehydes is 1. The summed E-state index contributed by atoms with van der Waals surface area (Å²) in [6, 6.07) is 3.46. The molecule has 6 heteroatoms. The monoisotopic (exact) mass is 293 g/mol. The van der Waals surface area contributed by atoms with E-state index in [9.17, 15) is 14.4 Å². The Morgan fingerprint density at radius 1 is 1.38 bits per heavy atom. The molecule has 1 aromatic rings. The Morgan fingerprint density at radius 3 is 2.48 bits per heavy atom. The highest BCUT2D eigenvalue weighted by molar-refractivity contribution is 5.99. The van der Waals surface area contributed by atoms with Gasteiger partial charge in [0.2, 0.25) is 0 Å². The Balaban J connectivity index is 3.15. The second-order valence-corrected chi connectivity index (χ2v) is 5.65. The zero-order valence-electron chi connectivity index (χ0n) is 12.3. The molecule has 0 saturated carbocycles. The Labute approximate surface area is 122 Å². The number of carbonyl (C=O) groups is 3. The molecule has 0 amide bonds. The molecule has 1 atom stereocenters. The second kappa shape index (κ2) is 6.49. The van der Waals surface area contributed by atoms with Crippen LogP contribution in [0.4, 0.5) is 0 Å². The van der Waals surface area contributed by atoms with E-state index in [1.54, 1.807) is 32.9 Å². The molecule has 0 saturated heterocycles. The number of benzene rings is 1. The van der Waals surface area contributed by atoms with Crippen LogP contribution in [0.5, 0.6) is 0 Å². The van der Waals surface area contributed by atoms with E-state index in [1.807, 2.05) is 0 Å². The number of rotatable bonds is 5. The summed E-state index contributed by atoms with van der Waals surface area (Å²) in [6.45, 7) is 5.15. The van der Waals surface area contributed by atoms with Crippen molar-refractivity contribution in [3.8, 4) is 0 Å². The van der Waals surface area contributed by atoms with Gasteiger partial charge in [-0.2, -0.15) is 0 Å². The first-order valence-corrected chi connectivity index (χ1v) is 6.44. The molecule has 0 aromatic heterocycles. The molecular formula is C15H19NO5. The molecule has 0 aliphatic rings. The molecule has 114 valence electrons. The molecule has 0 aliphatic carbocycles. The van der Waals surface area contributed by atoms with Gasteiger partial charge in [-0.25, -0.2) is 4.79 Å². The van der Waals surface area contributed by atoms with Crippen LogP contribution in [0.2, 0.25) is 0 Å². The first-order chi connectivity index (χ1) is 9.65. The highest BCUT2D eigenvalue weighted by atomic mass is 16.6. The van der Waals surface area contributed by atoms with Crippen molar-refractivity contribution in [3.63, 3.8) is 0 Å². The van der Waals surface area contributed by atoms with Crippen molar-refractivity contribution >= 4 is 18.2 Å². The van der Waals surface area contributed by atoms with Crippen molar-refractivity contribution in [2.24, 2.45) is 5.73 Å². The third kappa shape index (κ3) is 4.68. The van der Waals surface area contributed by atoms with Crippen LogP contribution >= 0.6 is 0 Å². The van der Waals surface area contributed by atoms with E-state index in [4.69, 9.17) is 15.6 Å². The molecule has 3 N–H and O–H groups in total. The lowest BCUT2D eigenvalue weighted by Gasteiger charge is -2.20. The van der Waals surface area contributed by atoms with Crippen LogP contribution in [0.25, 0.3) is 0 Å². The molecular weight excluding hydrogens is 274 g/mol. The number of carboxylic acids is 1. The zero-order chi connectivity index (χ0) is 16.2. The van der Waals surface area contributed by atoms with Crippen molar-refractivity contribution in [1.29, 1.82) is 0 Å². The number of aliphatic carboxylic acids is 1. The molecule has 1 rings (SSSR count). The topological polar surface area (TPSA) is 107 Å². The predicted molar refractivity (Wildman–Crippen MR) is 76.3 cm³/mol. The minimum Gasteiger partial charge on any atom is -0.480 e. The number of carbonyl (C=O) groups excluding carboxylic acids is 2. The smallest absolute Gasteiger partial charge is 0.339 e. The predicted octanol–water partition coefficient (Wildman–Crippen LogP) is 1.41. The van der Waals surface area contributed by atoms with Crippen molar-refractivity contribution < 1.29 is 24.2 Å². The number of ether oxygens (including phenoxy) is 1. The fourth-order valence-electron chi connectivity index (χ4n) is 1.77. The SMILES string of the molecule is CC(C)(C)OC(=O)c1cccc(CC(N)C(=O)O)c1C=O. The van der Waals surface area contributed by atoms with Crippen molar-refractivity contribution in [1.82, 2.24) is 0 Å². The zero-order valence-corrected chi connectivity index (χ0v) is 12.3. The minimum absolute atomic E-state index is 0.0416. The van der Waals surface area contributed by atoms with Gasteiger partial charge in [0.1, 0.15) is 11.6 Å². The maximum absolute atomic E-state index is 12.1. The summed E-state index contributed by atoms with van der Waals surface area (Å²) < 4.78 is 5.23. The summed E-state index contributed by atoms with van der Waals surface area (Å²) in [7, 11) is 0. The Hall–Kier alpha value is -2.21. The summed E-state index contributed by atoms with van der Waals surface area (Å²) in [6.07, 6.45) is 0.475. The standard InChI is InChI=1S/C15H19NO5/c1-15(2,3)21-14(20)10-6-4-5-9(11(10)8-17)7-12(16)13(18)19/h4-6,8,12H,7,16H2,1-3H3,(H,18,19). The van der Waals surface area contributed by atoms with Gasteiger partial charge in [0.25, 0.3) is 0 Å². The van der Waals surface area contributed by atoms with Crippen LogP contribution in [-0.2, 0) is 16.0 Å². The van der Waals surface area contributed by atoms with Crippen LogP contribution in [-0.4, -0.2) is 35.0 Å². The molecule has 0 radical (unpaired) electrons. The van der Waals surface area contributed by atoms with Crippen LogP contribution in [0, 0.1) is 0 Å². The van der Waals surface area contributed by atoms with E-state index in [1.165, 1.54) is 6.07 Å². The average Bonchev–Trinajstić information content (AvgIpc) is 2.36. The van der Waals surface area contributed by atoms with E-state index >= 15 is 0 Å². The number of carboxylic acid groups (broad SMARTS) is 1. The highest BCUT2D eigenvalue weighted by Gasteiger charge is 2.23. The van der Waals surface area contributed by atoms with Crippen molar-refractivity contribution in [3.05, 3.63) is 34.9 Å². The molecule has 0 aliphatic heterocycles. The average molecular weight is 293 g/mol. The summed E-state index contributed by atoms with van der Waals surface area (Å²) in [5.74, 6) is -1.80. The summed E-state index contributed by atoms with van der Waals surface area (Å²) in [5, 5.41) is 8.83. The molecule has 0 bridgehead atoms. The van der Waals surface area contributed by atoms with E-state index in [0.717, 1.165) is 0 Å². The number of esters is 1. The fourth-order valence-corrected chi connectivity index (χ4v) is 1.77. The summed E-state index contributed by atoms with van der Waals surface area (Å²) >= 11 is 0. The van der Waals surface area contributed by atoms with Crippen molar-refractivity contribution in [2.45, 2.75) is 38.8 Å². The fraction of sp³-hybridized carbons (Fsp3) is 0.400. The van der Waals surface area contributed by atoms with Crippen LogP contribution < -0.4 is 5.73 Å². The van der Waals surface area contributed by atoms with Gasteiger partial charge in [0.05, 0.1) is 5.56 Å². The van der Waals surface area contributed by atoms with Gasteiger partial charge in [-0.3, -0.25) is 9.59 Å². The van der Waals surface area contributed by atoms with E-state index in [2.05, 4.69) is 0 Å². The van der Waals surface area contributed by atoms with Crippen LogP contribution in [0.15, 0.2) is 18.2 Å². The molecule has 0 heterocycles. The summed E-state index contributed by atoms with van der Waals surface area (Å²) in [4.78, 5) is 34.2.